The highest BCUT2D eigenvalue weighted by Crippen LogP contribution is 2.23. The normalized spacial score (nSPS) is 10.8. The molecule has 1 heterocycles. The lowest BCUT2D eigenvalue weighted by atomic mass is 10.2. The molecule has 96 valence electrons. The van der Waals surface area contributed by atoms with Gasteiger partial charge in [0, 0.05) is 24.7 Å². The molecule has 0 fully saturated rings. The van der Waals surface area contributed by atoms with E-state index in [1.807, 2.05) is 32.3 Å². The fraction of sp³-hybridized carbons (Fsp3) is 0.385. The van der Waals surface area contributed by atoms with Gasteiger partial charge >= 0.3 is 0 Å². The van der Waals surface area contributed by atoms with Crippen molar-refractivity contribution in [2.45, 2.75) is 6.42 Å². The number of rotatable bonds is 5. The number of benzene rings is 1. The topological polar surface area (TPSA) is 67.1 Å². The molecule has 5 heteroatoms. The van der Waals surface area contributed by atoms with E-state index in [1.54, 1.807) is 6.33 Å². The van der Waals surface area contributed by atoms with E-state index < -0.39 is 0 Å². The van der Waals surface area contributed by atoms with Crippen molar-refractivity contribution in [3.8, 4) is 0 Å². The van der Waals surface area contributed by atoms with Gasteiger partial charge < -0.3 is 16.0 Å². The van der Waals surface area contributed by atoms with E-state index in [-0.39, 0.29) is 0 Å². The molecule has 0 aliphatic heterocycles. The molecule has 2 aromatic rings. The summed E-state index contributed by atoms with van der Waals surface area (Å²) in [7, 11) is 4.00. The van der Waals surface area contributed by atoms with E-state index in [2.05, 4.69) is 20.2 Å². The predicted octanol–water partition coefficient (Wildman–Crippen LogP) is 1.26. The minimum absolute atomic E-state index is 0.738. The molecule has 0 bridgehead atoms. The third-order valence-corrected chi connectivity index (χ3v) is 2.92. The molecule has 0 saturated carbocycles. The molecule has 1 aromatic heterocycles. The van der Waals surface area contributed by atoms with Crippen molar-refractivity contribution in [2.75, 3.05) is 37.8 Å². The van der Waals surface area contributed by atoms with Crippen molar-refractivity contribution < 1.29 is 0 Å². The zero-order valence-electron chi connectivity index (χ0n) is 10.8. The summed E-state index contributed by atoms with van der Waals surface area (Å²) in [6.07, 6.45) is 2.67. The first-order valence-electron chi connectivity index (χ1n) is 6.08. The van der Waals surface area contributed by atoms with Crippen molar-refractivity contribution in [1.29, 1.82) is 0 Å². The summed E-state index contributed by atoms with van der Waals surface area (Å²) in [5, 5.41) is 4.15. The second kappa shape index (κ2) is 5.64. The number of hydrogen-bond donors (Lipinski definition) is 2. The van der Waals surface area contributed by atoms with Gasteiger partial charge in [-0.2, -0.15) is 0 Å². The van der Waals surface area contributed by atoms with E-state index in [0.29, 0.717) is 0 Å². The lowest BCUT2D eigenvalue weighted by Gasteiger charge is -2.19. The number of nitrogens with zero attached hydrogens (tertiary/aromatic N) is 3. The molecule has 2 rings (SSSR count). The van der Waals surface area contributed by atoms with Gasteiger partial charge in [0.25, 0.3) is 0 Å². The van der Waals surface area contributed by atoms with Crippen LogP contribution in [0.4, 0.5) is 11.5 Å². The number of fused-ring (bicyclic) bond motifs is 1. The van der Waals surface area contributed by atoms with Gasteiger partial charge in [-0.3, -0.25) is 0 Å². The van der Waals surface area contributed by atoms with E-state index in [0.717, 1.165) is 41.9 Å². The van der Waals surface area contributed by atoms with Crippen molar-refractivity contribution >= 4 is 22.4 Å². The molecule has 0 spiro atoms. The molecule has 0 atom stereocenters. The lowest BCUT2D eigenvalue weighted by molar-refractivity contribution is 0.710. The van der Waals surface area contributed by atoms with Crippen LogP contribution in [0.2, 0.25) is 0 Å². The third kappa shape index (κ3) is 2.68. The van der Waals surface area contributed by atoms with Crippen LogP contribution in [-0.2, 0) is 0 Å². The quantitative estimate of drug-likeness (QED) is 0.613. The molecule has 0 aliphatic rings. The van der Waals surface area contributed by atoms with Gasteiger partial charge in [0.2, 0.25) is 0 Å². The maximum Gasteiger partial charge on any atom is 0.139 e. The predicted molar refractivity (Wildman–Crippen MR) is 75.8 cm³/mol. The van der Waals surface area contributed by atoms with Crippen molar-refractivity contribution in [2.24, 2.45) is 0 Å². The van der Waals surface area contributed by atoms with Gasteiger partial charge in [0.1, 0.15) is 12.1 Å². The van der Waals surface area contributed by atoms with Crippen LogP contribution in [0.15, 0.2) is 24.5 Å². The molecule has 0 amide bonds. The van der Waals surface area contributed by atoms with Crippen LogP contribution in [-0.4, -0.2) is 37.2 Å². The highest BCUT2D eigenvalue weighted by atomic mass is 15.2. The minimum atomic E-state index is 0.738. The molecular formula is C13H19N5. The smallest absolute Gasteiger partial charge is 0.139 e. The first kappa shape index (κ1) is 12.6. The lowest BCUT2D eigenvalue weighted by Crippen LogP contribution is -2.23. The summed E-state index contributed by atoms with van der Waals surface area (Å²) in [6, 6.07) is 5.72. The second-order valence-corrected chi connectivity index (χ2v) is 4.35. The largest absolute Gasteiger partial charge is 0.399 e. The highest BCUT2D eigenvalue weighted by molar-refractivity contribution is 5.91. The van der Waals surface area contributed by atoms with Crippen molar-refractivity contribution in [3.05, 3.63) is 24.5 Å². The van der Waals surface area contributed by atoms with Crippen LogP contribution in [0, 0.1) is 0 Å². The highest BCUT2D eigenvalue weighted by Gasteiger charge is 2.08. The van der Waals surface area contributed by atoms with Gasteiger partial charge in [-0.05, 0) is 38.2 Å². The van der Waals surface area contributed by atoms with Crippen LogP contribution in [0.5, 0.6) is 0 Å². The summed E-state index contributed by atoms with van der Waals surface area (Å²) in [4.78, 5) is 10.8. The number of nitrogens with two attached hydrogens (primary N) is 1. The second-order valence-electron chi connectivity index (χ2n) is 4.35. The minimum Gasteiger partial charge on any atom is -0.399 e. The van der Waals surface area contributed by atoms with E-state index in [9.17, 15) is 0 Å². The summed E-state index contributed by atoms with van der Waals surface area (Å²) in [5.41, 5.74) is 7.49. The van der Waals surface area contributed by atoms with Crippen LogP contribution >= 0.6 is 0 Å². The molecule has 0 saturated heterocycles. The van der Waals surface area contributed by atoms with E-state index >= 15 is 0 Å². The maximum absolute atomic E-state index is 5.83. The van der Waals surface area contributed by atoms with E-state index in [4.69, 9.17) is 5.73 Å². The third-order valence-electron chi connectivity index (χ3n) is 2.92. The zero-order valence-corrected chi connectivity index (χ0v) is 10.8. The Kier molecular flexibility index (Phi) is 3.94. The Morgan fingerprint density at radius 3 is 2.94 bits per heavy atom. The molecule has 0 unspecified atom stereocenters. The van der Waals surface area contributed by atoms with Gasteiger partial charge in [0.15, 0.2) is 0 Å². The summed E-state index contributed by atoms with van der Waals surface area (Å²) < 4.78 is 0. The van der Waals surface area contributed by atoms with Gasteiger partial charge in [-0.15, -0.1) is 0 Å². The number of nitrogen functional groups attached to an aromatic ring is 1. The molecule has 18 heavy (non-hydrogen) atoms. The molecular weight excluding hydrogens is 226 g/mol. The Morgan fingerprint density at radius 2 is 2.17 bits per heavy atom. The monoisotopic (exact) mass is 245 g/mol. The number of nitrogens with one attached hydrogen (secondary N) is 1. The number of hydrogen-bond acceptors (Lipinski definition) is 5. The summed E-state index contributed by atoms with van der Waals surface area (Å²) >= 11 is 0. The average molecular weight is 245 g/mol. The molecule has 0 radical (unpaired) electrons. The average Bonchev–Trinajstić information content (AvgIpc) is 2.38. The molecule has 0 aliphatic carbocycles. The number of aromatic nitrogens is 2. The first-order valence-corrected chi connectivity index (χ1v) is 6.08. The first-order chi connectivity index (χ1) is 8.72. The van der Waals surface area contributed by atoms with Crippen LogP contribution in [0.25, 0.3) is 10.9 Å². The standard InChI is InChI=1S/C13H19N5/c1-15-6-3-7-18(2)13-11-8-10(14)4-5-12(11)16-9-17-13/h4-5,8-9,15H,3,6-7,14H2,1-2H3. The Morgan fingerprint density at radius 1 is 1.33 bits per heavy atom. The fourth-order valence-electron chi connectivity index (χ4n) is 1.96. The van der Waals surface area contributed by atoms with Crippen molar-refractivity contribution in [3.63, 3.8) is 0 Å². The van der Waals surface area contributed by atoms with Crippen molar-refractivity contribution in [1.82, 2.24) is 15.3 Å². The van der Waals surface area contributed by atoms with Crippen LogP contribution in [0.3, 0.4) is 0 Å². The van der Waals surface area contributed by atoms with Crippen LogP contribution < -0.4 is 16.0 Å². The van der Waals surface area contributed by atoms with Gasteiger partial charge in [-0.1, -0.05) is 0 Å². The Balaban J connectivity index is 2.29. The molecule has 3 N–H and O–H groups in total. The number of anilines is 2. The maximum atomic E-state index is 5.83. The zero-order chi connectivity index (χ0) is 13.0. The Labute approximate surface area is 107 Å². The van der Waals surface area contributed by atoms with Gasteiger partial charge in [0.05, 0.1) is 5.52 Å². The van der Waals surface area contributed by atoms with E-state index in [1.165, 1.54) is 0 Å². The Bertz CT molecular complexity index is 526. The fourth-order valence-corrected chi connectivity index (χ4v) is 1.96. The Hall–Kier alpha value is -1.88. The summed E-state index contributed by atoms with van der Waals surface area (Å²) in [5.74, 6) is 0.934. The van der Waals surface area contributed by atoms with Gasteiger partial charge in [-0.25, -0.2) is 9.97 Å². The van der Waals surface area contributed by atoms with Crippen LogP contribution in [0.1, 0.15) is 6.42 Å². The molecule has 1 aromatic carbocycles. The summed E-state index contributed by atoms with van der Waals surface area (Å²) in [6.45, 7) is 1.94. The SMILES string of the molecule is CNCCCN(C)c1ncnc2ccc(N)cc12. The molecule has 5 nitrogen and oxygen atoms in total.